The lowest BCUT2D eigenvalue weighted by Crippen LogP contribution is -2.31. The fourth-order valence-corrected chi connectivity index (χ4v) is 2.32. The monoisotopic (exact) mass is 386 g/mol. The summed E-state index contributed by atoms with van der Waals surface area (Å²) in [6, 6.07) is 12.3. The Balaban J connectivity index is 2.02. The van der Waals surface area contributed by atoms with Crippen LogP contribution in [0.1, 0.15) is 6.92 Å². The molecule has 2 aromatic carbocycles. The molecule has 21 heavy (non-hydrogen) atoms. The molecule has 0 radical (unpaired) electrons. The molecule has 0 aromatic heterocycles. The molecular weight excluding hydrogens is 375 g/mol. The third-order valence-corrected chi connectivity index (χ3v) is 4.18. The van der Waals surface area contributed by atoms with E-state index >= 15 is 0 Å². The van der Waals surface area contributed by atoms with Crippen molar-refractivity contribution in [1.29, 1.82) is 0 Å². The van der Waals surface area contributed by atoms with Gasteiger partial charge in [0.2, 0.25) is 5.91 Å². The SMILES string of the molecule is C[C@@H](Nc1ccc(Br)cc1)C(=O)Nc1cccc(Cl)c1Cl. The second-order valence-electron chi connectivity index (χ2n) is 4.46. The van der Waals surface area contributed by atoms with Gasteiger partial charge in [-0.15, -0.1) is 0 Å². The highest BCUT2D eigenvalue weighted by molar-refractivity contribution is 9.10. The molecule has 0 bridgehead atoms. The van der Waals surface area contributed by atoms with Crippen LogP contribution in [0.3, 0.4) is 0 Å². The molecule has 3 nitrogen and oxygen atoms in total. The zero-order valence-corrected chi connectivity index (χ0v) is 14.3. The number of hydrogen-bond acceptors (Lipinski definition) is 2. The lowest BCUT2D eigenvalue weighted by atomic mass is 10.2. The number of carbonyl (C=O) groups is 1. The van der Waals surface area contributed by atoms with Gasteiger partial charge in [0.15, 0.2) is 0 Å². The summed E-state index contributed by atoms with van der Waals surface area (Å²) >= 11 is 15.3. The molecule has 6 heteroatoms. The van der Waals surface area contributed by atoms with E-state index in [1.165, 1.54) is 0 Å². The highest BCUT2D eigenvalue weighted by Gasteiger charge is 2.15. The second kappa shape index (κ2) is 7.16. The second-order valence-corrected chi connectivity index (χ2v) is 6.16. The fraction of sp³-hybridized carbons (Fsp3) is 0.133. The van der Waals surface area contributed by atoms with Crippen LogP contribution in [-0.4, -0.2) is 11.9 Å². The van der Waals surface area contributed by atoms with Gasteiger partial charge >= 0.3 is 0 Å². The average Bonchev–Trinajstić information content (AvgIpc) is 2.46. The van der Waals surface area contributed by atoms with Crippen molar-refractivity contribution in [3.8, 4) is 0 Å². The predicted molar refractivity (Wildman–Crippen MR) is 92.3 cm³/mol. The maximum atomic E-state index is 12.2. The van der Waals surface area contributed by atoms with Crippen LogP contribution in [0, 0.1) is 0 Å². The van der Waals surface area contributed by atoms with E-state index in [0.717, 1.165) is 10.2 Å². The van der Waals surface area contributed by atoms with Gasteiger partial charge in [0.05, 0.1) is 15.7 Å². The maximum Gasteiger partial charge on any atom is 0.246 e. The van der Waals surface area contributed by atoms with Crippen LogP contribution in [0.25, 0.3) is 0 Å². The number of anilines is 2. The molecule has 1 atom stereocenters. The van der Waals surface area contributed by atoms with Crippen molar-refractivity contribution in [1.82, 2.24) is 0 Å². The molecule has 110 valence electrons. The van der Waals surface area contributed by atoms with Gasteiger partial charge in [0, 0.05) is 10.2 Å². The van der Waals surface area contributed by atoms with Crippen LogP contribution in [-0.2, 0) is 4.79 Å². The van der Waals surface area contributed by atoms with E-state index in [1.54, 1.807) is 25.1 Å². The van der Waals surface area contributed by atoms with Crippen molar-refractivity contribution in [3.05, 3.63) is 57.0 Å². The Morgan fingerprint density at radius 2 is 1.81 bits per heavy atom. The minimum Gasteiger partial charge on any atom is -0.374 e. The smallest absolute Gasteiger partial charge is 0.246 e. The molecule has 1 amide bonds. The summed E-state index contributed by atoms with van der Waals surface area (Å²) in [7, 11) is 0. The number of carbonyl (C=O) groups excluding carboxylic acids is 1. The molecule has 0 saturated heterocycles. The first-order chi connectivity index (χ1) is 9.97. The number of rotatable bonds is 4. The average molecular weight is 388 g/mol. The van der Waals surface area contributed by atoms with E-state index in [-0.39, 0.29) is 5.91 Å². The Hall–Kier alpha value is -1.23. The highest BCUT2D eigenvalue weighted by Crippen LogP contribution is 2.29. The summed E-state index contributed by atoms with van der Waals surface area (Å²) < 4.78 is 0.982. The van der Waals surface area contributed by atoms with Crippen molar-refractivity contribution >= 4 is 56.4 Å². The van der Waals surface area contributed by atoms with Gasteiger partial charge in [-0.2, -0.15) is 0 Å². The minimum atomic E-state index is -0.416. The van der Waals surface area contributed by atoms with E-state index in [2.05, 4.69) is 26.6 Å². The molecule has 0 aliphatic rings. The largest absolute Gasteiger partial charge is 0.374 e. The molecular formula is C15H13BrCl2N2O. The Labute approximate surface area is 141 Å². The summed E-state index contributed by atoms with van der Waals surface area (Å²) in [5.41, 5.74) is 1.36. The molecule has 0 unspecified atom stereocenters. The normalized spacial score (nSPS) is 11.8. The van der Waals surface area contributed by atoms with Crippen molar-refractivity contribution in [2.75, 3.05) is 10.6 Å². The highest BCUT2D eigenvalue weighted by atomic mass is 79.9. The molecule has 0 spiro atoms. The van der Waals surface area contributed by atoms with E-state index < -0.39 is 6.04 Å². The van der Waals surface area contributed by atoms with Gasteiger partial charge in [-0.05, 0) is 43.3 Å². The quantitative estimate of drug-likeness (QED) is 0.757. The van der Waals surface area contributed by atoms with Crippen LogP contribution in [0.5, 0.6) is 0 Å². The fourth-order valence-electron chi connectivity index (χ4n) is 1.70. The van der Waals surface area contributed by atoms with E-state index in [4.69, 9.17) is 23.2 Å². The van der Waals surface area contributed by atoms with Gasteiger partial charge in [-0.25, -0.2) is 0 Å². The van der Waals surface area contributed by atoms with E-state index in [1.807, 2.05) is 24.3 Å². The molecule has 0 fully saturated rings. The molecule has 0 saturated carbocycles. The number of halogens is 3. The molecule has 2 rings (SSSR count). The summed E-state index contributed by atoms with van der Waals surface area (Å²) in [6.07, 6.45) is 0. The van der Waals surface area contributed by atoms with E-state index in [9.17, 15) is 4.79 Å². The standard InChI is InChI=1S/C15H13BrCl2N2O/c1-9(19-11-7-5-10(16)6-8-11)15(21)20-13-4-2-3-12(17)14(13)18/h2-9,19H,1H3,(H,20,21)/t9-/m1/s1. The zero-order chi connectivity index (χ0) is 15.4. The first-order valence-corrected chi connectivity index (χ1v) is 7.79. The third kappa shape index (κ3) is 4.37. The number of nitrogens with one attached hydrogen (secondary N) is 2. The van der Waals surface area contributed by atoms with Gasteiger partial charge in [0.1, 0.15) is 6.04 Å². The topological polar surface area (TPSA) is 41.1 Å². The van der Waals surface area contributed by atoms with Crippen molar-refractivity contribution in [2.24, 2.45) is 0 Å². The van der Waals surface area contributed by atoms with Crippen LogP contribution in [0.4, 0.5) is 11.4 Å². The third-order valence-electron chi connectivity index (χ3n) is 2.83. The maximum absolute atomic E-state index is 12.2. The van der Waals surface area contributed by atoms with Crippen LogP contribution in [0.15, 0.2) is 46.9 Å². The van der Waals surface area contributed by atoms with Gasteiger partial charge in [-0.3, -0.25) is 4.79 Å². The molecule has 2 N–H and O–H groups in total. The van der Waals surface area contributed by atoms with Gasteiger partial charge in [-0.1, -0.05) is 45.2 Å². The summed E-state index contributed by atoms with van der Waals surface area (Å²) in [6.45, 7) is 1.77. The first kappa shape index (κ1) is 16.1. The van der Waals surface area contributed by atoms with Crippen LogP contribution < -0.4 is 10.6 Å². The zero-order valence-electron chi connectivity index (χ0n) is 11.2. The van der Waals surface area contributed by atoms with Crippen LogP contribution >= 0.6 is 39.1 Å². The number of benzene rings is 2. The molecule has 0 aliphatic carbocycles. The lowest BCUT2D eigenvalue weighted by Gasteiger charge is -2.16. The predicted octanol–water partition coefficient (Wildman–Crippen LogP) is 5.20. The summed E-state index contributed by atoms with van der Waals surface area (Å²) in [5.74, 6) is -0.193. The minimum absolute atomic E-state index is 0.193. The van der Waals surface area contributed by atoms with Crippen molar-refractivity contribution in [2.45, 2.75) is 13.0 Å². The van der Waals surface area contributed by atoms with Crippen molar-refractivity contribution < 1.29 is 4.79 Å². The number of hydrogen-bond donors (Lipinski definition) is 2. The lowest BCUT2D eigenvalue weighted by molar-refractivity contribution is -0.116. The van der Waals surface area contributed by atoms with E-state index in [0.29, 0.717) is 15.7 Å². The molecule has 0 heterocycles. The Bertz CT molecular complexity index is 647. The molecule has 0 aliphatic heterocycles. The Kier molecular flexibility index (Phi) is 5.51. The number of amides is 1. The first-order valence-electron chi connectivity index (χ1n) is 6.24. The van der Waals surface area contributed by atoms with Gasteiger partial charge < -0.3 is 10.6 Å². The van der Waals surface area contributed by atoms with Crippen LogP contribution in [0.2, 0.25) is 10.0 Å². The Morgan fingerprint density at radius 1 is 1.14 bits per heavy atom. The van der Waals surface area contributed by atoms with Crippen molar-refractivity contribution in [3.63, 3.8) is 0 Å². The Morgan fingerprint density at radius 3 is 2.48 bits per heavy atom. The molecule has 2 aromatic rings. The summed E-state index contributed by atoms with van der Waals surface area (Å²) in [5, 5.41) is 6.61. The van der Waals surface area contributed by atoms with Gasteiger partial charge in [0.25, 0.3) is 0 Å². The summed E-state index contributed by atoms with van der Waals surface area (Å²) in [4.78, 5) is 12.2.